The molecule has 0 spiro atoms. The van der Waals surface area contributed by atoms with Crippen molar-refractivity contribution in [3.05, 3.63) is 0 Å². The Hall–Kier alpha value is -1.18. The predicted octanol–water partition coefficient (Wildman–Crippen LogP) is -0.581. The quantitative estimate of drug-likeness (QED) is 0.459. The minimum Gasteiger partial charge on any atom is -0.480 e. The highest BCUT2D eigenvalue weighted by Gasteiger charge is 2.08. The average Bonchev–Trinajstić information content (AvgIpc) is 2.14. The molecule has 0 saturated carbocycles. The van der Waals surface area contributed by atoms with E-state index in [2.05, 4.69) is 10.3 Å². The summed E-state index contributed by atoms with van der Waals surface area (Å²) in [5, 5.41) is 16.1. The Morgan fingerprint density at radius 1 is 1.33 bits per heavy atom. The molecule has 0 aliphatic carbocycles. The zero-order valence-electron chi connectivity index (χ0n) is 9.06. The molecule has 0 heterocycles. The fourth-order valence-electron chi connectivity index (χ4n) is 0.259. The summed E-state index contributed by atoms with van der Waals surface area (Å²) in [6, 6.07) is -1.37. The topological polar surface area (TPSA) is 122 Å². The standard InChI is InChI=1S/C5H11NO3.C3H7NO2/c1-3-9-6-4(2)5(7)8;1-2(4)3(5)6/h4,6H,3H2,1-2H3,(H,7,8);2H,4H2,1H3,(H,5,6). The summed E-state index contributed by atoms with van der Waals surface area (Å²) in [7, 11) is 0. The highest BCUT2D eigenvalue weighted by molar-refractivity contribution is 5.72. The van der Waals surface area contributed by atoms with Crippen molar-refractivity contribution in [3.8, 4) is 0 Å². The molecule has 5 N–H and O–H groups in total. The second kappa shape index (κ2) is 9.38. The van der Waals surface area contributed by atoms with E-state index in [9.17, 15) is 9.59 Å². The summed E-state index contributed by atoms with van der Waals surface area (Å²) < 4.78 is 0. The first-order valence-corrected chi connectivity index (χ1v) is 4.41. The second-order valence-corrected chi connectivity index (χ2v) is 2.74. The van der Waals surface area contributed by atoms with Gasteiger partial charge in [-0.3, -0.25) is 9.59 Å². The lowest BCUT2D eigenvalue weighted by atomic mass is 10.4. The molecular weight excluding hydrogens is 204 g/mol. The van der Waals surface area contributed by atoms with E-state index in [4.69, 9.17) is 15.9 Å². The van der Waals surface area contributed by atoms with Crippen molar-refractivity contribution in [1.29, 1.82) is 0 Å². The van der Waals surface area contributed by atoms with Gasteiger partial charge >= 0.3 is 11.9 Å². The van der Waals surface area contributed by atoms with Crippen molar-refractivity contribution < 1.29 is 24.6 Å². The van der Waals surface area contributed by atoms with Gasteiger partial charge in [-0.15, -0.1) is 0 Å². The van der Waals surface area contributed by atoms with E-state index >= 15 is 0 Å². The molecule has 0 rings (SSSR count). The zero-order chi connectivity index (χ0) is 12.4. The number of nitrogens with one attached hydrogen (secondary N) is 1. The van der Waals surface area contributed by atoms with Crippen LogP contribution in [0.4, 0.5) is 0 Å². The lowest BCUT2D eigenvalue weighted by Gasteiger charge is -2.06. The van der Waals surface area contributed by atoms with Crippen LogP contribution in [-0.2, 0) is 14.4 Å². The van der Waals surface area contributed by atoms with Crippen LogP contribution in [0.2, 0.25) is 0 Å². The molecule has 0 fully saturated rings. The van der Waals surface area contributed by atoms with Crippen LogP contribution in [0, 0.1) is 0 Å². The first-order chi connectivity index (χ1) is 6.82. The normalized spacial score (nSPS) is 13.3. The Morgan fingerprint density at radius 2 is 1.73 bits per heavy atom. The van der Waals surface area contributed by atoms with Gasteiger partial charge in [0.15, 0.2) is 0 Å². The van der Waals surface area contributed by atoms with Crippen LogP contribution in [0.25, 0.3) is 0 Å². The number of nitrogens with two attached hydrogens (primary N) is 1. The smallest absolute Gasteiger partial charge is 0.322 e. The van der Waals surface area contributed by atoms with Gasteiger partial charge in [-0.2, -0.15) is 5.48 Å². The third-order valence-electron chi connectivity index (χ3n) is 1.16. The summed E-state index contributed by atoms with van der Waals surface area (Å²) in [4.78, 5) is 24.3. The Balaban J connectivity index is 0. The molecule has 2 atom stereocenters. The molecule has 0 aromatic rings. The third kappa shape index (κ3) is 12.8. The molecule has 0 saturated heterocycles. The van der Waals surface area contributed by atoms with Crippen LogP contribution in [0.5, 0.6) is 0 Å². The van der Waals surface area contributed by atoms with E-state index in [1.54, 1.807) is 6.92 Å². The maximum atomic E-state index is 10.1. The van der Waals surface area contributed by atoms with Crippen molar-refractivity contribution in [2.75, 3.05) is 6.61 Å². The van der Waals surface area contributed by atoms with E-state index in [-0.39, 0.29) is 0 Å². The SMILES string of the molecule is CC(N)C(=O)O.CCONC(C)C(=O)O. The lowest BCUT2D eigenvalue weighted by Crippen LogP contribution is -2.33. The number of carboxylic acids is 2. The first kappa shape index (κ1) is 16.3. The molecule has 0 aliphatic heterocycles. The minimum atomic E-state index is -0.963. The summed E-state index contributed by atoms with van der Waals surface area (Å²) in [6.45, 7) is 5.18. The Bertz CT molecular complexity index is 195. The van der Waals surface area contributed by atoms with Gasteiger partial charge in [-0.05, 0) is 20.8 Å². The van der Waals surface area contributed by atoms with Gasteiger partial charge in [0, 0.05) is 0 Å². The Kier molecular flexibility index (Phi) is 10.2. The molecule has 90 valence electrons. The number of aliphatic carboxylic acids is 2. The van der Waals surface area contributed by atoms with E-state index in [1.807, 2.05) is 0 Å². The van der Waals surface area contributed by atoms with Crippen LogP contribution >= 0.6 is 0 Å². The van der Waals surface area contributed by atoms with Crippen molar-refractivity contribution >= 4 is 11.9 Å². The number of hydrogen-bond acceptors (Lipinski definition) is 5. The maximum absolute atomic E-state index is 10.1. The van der Waals surface area contributed by atoms with Crippen LogP contribution in [0.1, 0.15) is 20.8 Å². The molecule has 15 heavy (non-hydrogen) atoms. The Labute approximate surface area is 88.2 Å². The molecule has 0 bridgehead atoms. The second-order valence-electron chi connectivity index (χ2n) is 2.74. The number of carboxylic acid groups (broad SMARTS) is 2. The molecule has 0 amide bonds. The fourth-order valence-corrected chi connectivity index (χ4v) is 0.259. The average molecular weight is 222 g/mol. The van der Waals surface area contributed by atoms with Gasteiger partial charge in [0.25, 0.3) is 0 Å². The van der Waals surface area contributed by atoms with Gasteiger partial charge in [0.2, 0.25) is 0 Å². The van der Waals surface area contributed by atoms with Crippen molar-refractivity contribution in [1.82, 2.24) is 5.48 Å². The van der Waals surface area contributed by atoms with E-state index in [0.29, 0.717) is 6.61 Å². The molecule has 0 aliphatic rings. The van der Waals surface area contributed by atoms with Crippen molar-refractivity contribution in [2.45, 2.75) is 32.9 Å². The molecule has 7 nitrogen and oxygen atoms in total. The maximum Gasteiger partial charge on any atom is 0.322 e. The summed E-state index contributed by atoms with van der Waals surface area (Å²) in [5.74, 6) is -1.88. The molecule has 0 aromatic carbocycles. The van der Waals surface area contributed by atoms with Crippen LogP contribution in [0.15, 0.2) is 0 Å². The monoisotopic (exact) mass is 222 g/mol. The lowest BCUT2D eigenvalue weighted by molar-refractivity contribution is -0.143. The van der Waals surface area contributed by atoms with Gasteiger partial charge < -0.3 is 20.8 Å². The third-order valence-corrected chi connectivity index (χ3v) is 1.16. The molecular formula is C8H18N2O5. The highest BCUT2D eigenvalue weighted by Crippen LogP contribution is 1.79. The number of carbonyl (C=O) groups is 2. The van der Waals surface area contributed by atoms with Gasteiger partial charge in [-0.1, -0.05) is 0 Å². The molecule has 0 radical (unpaired) electrons. The van der Waals surface area contributed by atoms with E-state index in [0.717, 1.165) is 0 Å². The van der Waals surface area contributed by atoms with E-state index in [1.165, 1.54) is 13.8 Å². The highest BCUT2D eigenvalue weighted by atomic mass is 16.6. The van der Waals surface area contributed by atoms with Gasteiger partial charge in [0.05, 0.1) is 6.61 Å². The Morgan fingerprint density at radius 3 is 1.93 bits per heavy atom. The zero-order valence-corrected chi connectivity index (χ0v) is 9.06. The molecule has 2 unspecified atom stereocenters. The summed E-state index contributed by atoms with van der Waals surface area (Å²) in [5.41, 5.74) is 7.17. The summed E-state index contributed by atoms with van der Waals surface area (Å²) >= 11 is 0. The van der Waals surface area contributed by atoms with E-state index < -0.39 is 24.0 Å². The predicted molar refractivity (Wildman–Crippen MR) is 53.1 cm³/mol. The molecule has 7 heteroatoms. The van der Waals surface area contributed by atoms with Crippen molar-refractivity contribution in [3.63, 3.8) is 0 Å². The fraction of sp³-hybridized carbons (Fsp3) is 0.750. The minimum absolute atomic E-state index is 0.470. The summed E-state index contributed by atoms with van der Waals surface area (Å²) in [6.07, 6.45) is 0. The van der Waals surface area contributed by atoms with Crippen LogP contribution in [-0.4, -0.2) is 40.8 Å². The molecule has 0 aromatic heterocycles. The largest absolute Gasteiger partial charge is 0.480 e. The number of hydroxylamine groups is 1. The van der Waals surface area contributed by atoms with Crippen LogP contribution < -0.4 is 11.2 Å². The van der Waals surface area contributed by atoms with Crippen molar-refractivity contribution in [2.24, 2.45) is 5.73 Å². The van der Waals surface area contributed by atoms with Gasteiger partial charge in [0.1, 0.15) is 12.1 Å². The van der Waals surface area contributed by atoms with Crippen LogP contribution in [0.3, 0.4) is 0 Å². The number of rotatable bonds is 5. The van der Waals surface area contributed by atoms with Gasteiger partial charge in [-0.25, -0.2) is 0 Å². The first-order valence-electron chi connectivity index (χ1n) is 4.41. The number of hydrogen-bond donors (Lipinski definition) is 4.